The molecule has 2 aromatic heterocycles. The number of benzene rings is 3. The molecule has 0 atom stereocenters. The van der Waals surface area contributed by atoms with Gasteiger partial charge in [-0.15, -0.1) is 37.2 Å². The topological polar surface area (TPSA) is 87.6 Å². The number of hydrogen-bond acceptors (Lipinski definition) is 10. The Hall–Kier alpha value is -4.13. The molecule has 1 saturated heterocycles. The second-order valence-corrected chi connectivity index (χ2v) is 13.5. The van der Waals surface area contributed by atoms with Crippen LogP contribution in [0.4, 0.5) is 5.69 Å². The molecule has 3 heterocycles. The van der Waals surface area contributed by atoms with Crippen molar-refractivity contribution in [1.82, 2.24) is 14.9 Å². The van der Waals surface area contributed by atoms with Crippen LogP contribution < -0.4 is 33.3 Å². The van der Waals surface area contributed by atoms with E-state index in [0.29, 0.717) is 40.5 Å². The smallest absolute Gasteiger partial charge is 0.203 e. The van der Waals surface area contributed by atoms with Crippen LogP contribution in [0.1, 0.15) is 24.0 Å². The third kappa shape index (κ3) is 10.6. The summed E-state index contributed by atoms with van der Waals surface area (Å²) < 4.78 is 34.5. The fraction of sp³-hybridized carbons (Fsp3) is 0.317. The monoisotopic (exact) mass is 876 g/mol. The van der Waals surface area contributed by atoms with Gasteiger partial charge in [-0.3, -0.25) is 14.9 Å². The van der Waals surface area contributed by atoms with E-state index in [9.17, 15) is 0 Å². The summed E-state index contributed by atoms with van der Waals surface area (Å²) in [5, 5.41) is 0. The van der Waals surface area contributed by atoms with Crippen molar-refractivity contribution < 1.29 is 28.4 Å². The van der Waals surface area contributed by atoms with E-state index in [-0.39, 0.29) is 37.2 Å². The number of likely N-dealkylation sites (tertiary alicyclic amines) is 1. The number of methoxy groups -OCH3 is 6. The quantitative estimate of drug-likeness (QED) is 0.108. The van der Waals surface area contributed by atoms with Crippen molar-refractivity contribution in [2.45, 2.75) is 32.0 Å². The first kappa shape index (κ1) is 45.3. The molecule has 55 heavy (non-hydrogen) atoms. The van der Waals surface area contributed by atoms with E-state index in [4.69, 9.17) is 28.4 Å². The van der Waals surface area contributed by atoms with Gasteiger partial charge in [0.25, 0.3) is 0 Å². The van der Waals surface area contributed by atoms with E-state index in [2.05, 4.69) is 78.2 Å². The fourth-order valence-electron chi connectivity index (χ4n) is 6.85. The van der Waals surface area contributed by atoms with Crippen LogP contribution in [0.25, 0.3) is 22.4 Å². The van der Waals surface area contributed by atoms with Crippen molar-refractivity contribution in [2.75, 3.05) is 60.6 Å². The van der Waals surface area contributed by atoms with Gasteiger partial charge in [0.1, 0.15) is 0 Å². The molecular weight excluding hydrogens is 831 g/mol. The van der Waals surface area contributed by atoms with Gasteiger partial charge in [0.2, 0.25) is 11.5 Å². The largest absolute Gasteiger partial charge is 0.493 e. The summed E-state index contributed by atoms with van der Waals surface area (Å²) in [5.41, 5.74) is 7.19. The number of anilines is 1. The molecule has 0 amide bonds. The number of rotatable bonds is 14. The van der Waals surface area contributed by atoms with Crippen LogP contribution in [0.5, 0.6) is 34.5 Å². The molecule has 5 aromatic rings. The highest BCUT2D eigenvalue weighted by Gasteiger charge is 2.26. The van der Waals surface area contributed by atoms with Crippen molar-refractivity contribution in [3.8, 4) is 56.9 Å². The normalized spacial score (nSPS) is 12.6. The zero-order chi connectivity index (χ0) is 36.6. The van der Waals surface area contributed by atoms with Gasteiger partial charge in [-0.2, -0.15) is 0 Å². The molecule has 1 aliphatic rings. The Balaban J connectivity index is 0.00000271. The summed E-state index contributed by atoms with van der Waals surface area (Å²) in [5.74, 6) is 3.54. The minimum absolute atomic E-state index is 0. The summed E-state index contributed by atoms with van der Waals surface area (Å²) in [6.07, 6.45) is 7.76. The van der Waals surface area contributed by atoms with Gasteiger partial charge in [0.05, 0.1) is 48.4 Å². The Kier molecular flexibility index (Phi) is 17.5. The Bertz CT molecular complexity index is 1930. The molecule has 1 fully saturated rings. The van der Waals surface area contributed by atoms with Crippen LogP contribution in [0, 0.1) is 0 Å². The van der Waals surface area contributed by atoms with Crippen molar-refractivity contribution in [1.29, 1.82) is 0 Å². The van der Waals surface area contributed by atoms with Crippen LogP contribution in [-0.4, -0.2) is 76.7 Å². The number of hydrogen-bond donors (Lipinski definition) is 0. The average molecular weight is 879 g/mol. The third-order valence-corrected chi connectivity index (χ3v) is 10.0. The zero-order valence-corrected chi connectivity index (χ0v) is 35.8. The van der Waals surface area contributed by atoms with Gasteiger partial charge in [-0.05, 0) is 96.3 Å². The first-order valence-corrected chi connectivity index (χ1v) is 17.9. The van der Waals surface area contributed by atoms with Crippen molar-refractivity contribution in [3.63, 3.8) is 0 Å². The minimum Gasteiger partial charge on any atom is -0.493 e. The Morgan fingerprint density at radius 3 is 1.71 bits per heavy atom. The maximum absolute atomic E-state index is 5.62. The number of nitrogens with zero attached hydrogens (tertiary/aromatic N) is 4. The minimum atomic E-state index is 0. The van der Waals surface area contributed by atoms with E-state index >= 15 is 0 Å². The van der Waals surface area contributed by atoms with Crippen LogP contribution in [0.15, 0.2) is 89.8 Å². The number of piperidine rings is 1. The van der Waals surface area contributed by atoms with Crippen LogP contribution >= 0.6 is 53.2 Å². The van der Waals surface area contributed by atoms with Crippen LogP contribution in [-0.2, 0) is 13.1 Å². The predicted octanol–water partition coefficient (Wildman–Crippen LogP) is 9.56. The average Bonchev–Trinajstić information content (AvgIpc) is 3.19. The molecule has 296 valence electrons. The SMILES string of the molecule is COc1cc(-c2cncc(CN(c3ccc(Br)cc3)C3CCN(Cc4ccnc(-c5cc(OC)c(OC)c(OC)c5)c4)CC3)c2)cc(OC)c1OC.Cl.Cl.Cl. The maximum atomic E-state index is 5.62. The molecule has 14 heteroatoms. The summed E-state index contributed by atoms with van der Waals surface area (Å²) in [4.78, 5) is 14.4. The molecule has 10 nitrogen and oxygen atoms in total. The molecule has 1 aliphatic heterocycles. The highest BCUT2D eigenvalue weighted by molar-refractivity contribution is 9.10. The lowest BCUT2D eigenvalue weighted by atomic mass is 9.99. The van der Waals surface area contributed by atoms with Crippen molar-refractivity contribution in [2.24, 2.45) is 0 Å². The van der Waals surface area contributed by atoms with E-state index in [1.807, 2.05) is 42.9 Å². The van der Waals surface area contributed by atoms with Gasteiger partial charge >= 0.3 is 0 Å². The fourth-order valence-corrected chi connectivity index (χ4v) is 7.11. The molecule has 6 rings (SSSR count). The first-order chi connectivity index (χ1) is 25.4. The van der Waals surface area contributed by atoms with Gasteiger partial charge in [-0.1, -0.05) is 15.9 Å². The zero-order valence-electron chi connectivity index (χ0n) is 31.7. The van der Waals surface area contributed by atoms with E-state index < -0.39 is 0 Å². The maximum Gasteiger partial charge on any atom is 0.203 e. The van der Waals surface area contributed by atoms with Crippen molar-refractivity contribution in [3.05, 3.63) is 101 Å². The summed E-state index contributed by atoms with van der Waals surface area (Å²) >= 11 is 3.62. The van der Waals surface area contributed by atoms with Gasteiger partial charge in [0, 0.05) is 72.1 Å². The van der Waals surface area contributed by atoms with Gasteiger partial charge in [-0.25, -0.2) is 0 Å². The second-order valence-electron chi connectivity index (χ2n) is 12.6. The third-order valence-electron chi connectivity index (χ3n) is 9.49. The number of halogens is 4. The highest BCUT2D eigenvalue weighted by atomic mass is 79.9. The lowest BCUT2D eigenvalue weighted by Crippen LogP contribution is -2.44. The lowest BCUT2D eigenvalue weighted by Gasteiger charge is -2.40. The highest BCUT2D eigenvalue weighted by Crippen LogP contribution is 2.42. The standard InChI is InChI=1S/C41H45BrN4O6.3ClH/c1-47-36-19-29(20-37(48-2)40(36)51-5)31-17-28(23-43-24-31)26-46(33-9-7-32(42)8-10-33)34-12-15-45(16-13-34)25-27-11-14-44-35(18-27)30-21-38(49-3)41(52-6)39(22-30)50-4;;;/h7-11,14,17-24,34H,12-13,15-16,25-26H2,1-6H3;3*1H. The van der Waals surface area contributed by atoms with E-state index in [0.717, 1.165) is 71.4 Å². The molecule has 0 bridgehead atoms. The first-order valence-electron chi connectivity index (χ1n) is 17.1. The Labute approximate surface area is 350 Å². The van der Waals surface area contributed by atoms with Gasteiger partial charge < -0.3 is 33.3 Å². The molecule has 0 N–H and O–H groups in total. The second kappa shape index (κ2) is 21.2. The number of aromatic nitrogens is 2. The van der Waals surface area contributed by atoms with Crippen molar-refractivity contribution >= 4 is 58.8 Å². The molecule has 0 saturated carbocycles. The Morgan fingerprint density at radius 1 is 0.636 bits per heavy atom. The predicted molar refractivity (Wildman–Crippen MR) is 229 cm³/mol. The molecule has 0 unspecified atom stereocenters. The summed E-state index contributed by atoms with van der Waals surface area (Å²) in [7, 11) is 9.72. The summed E-state index contributed by atoms with van der Waals surface area (Å²) in [6.45, 7) is 3.51. The van der Waals surface area contributed by atoms with Gasteiger partial charge in [0.15, 0.2) is 23.0 Å². The van der Waals surface area contributed by atoms with Crippen LogP contribution in [0.2, 0.25) is 0 Å². The number of ether oxygens (including phenoxy) is 6. The summed E-state index contributed by atoms with van der Waals surface area (Å²) in [6, 6.07) is 23.2. The molecule has 0 radical (unpaired) electrons. The van der Waals surface area contributed by atoms with E-state index in [1.165, 1.54) is 11.3 Å². The molecule has 3 aromatic carbocycles. The molecule has 0 aliphatic carbocycles. The number of pyridine rings is 2. The van der Waals surface area contributed by atoms with Crippen LogP contribution in [0.3, 0.4) is 0 Å². The molecular formula is C41H48BrCl3N4O6. The Morgan fingerprint density at radius 2 is 1.18 bits per heavy atom. The lowest BCUT2D eigenvalue weighted by molar-refractivity contribution is 0.201. The molecule has 0 spiro atoms. The van der Waals surface area contributed by atoms with E-state index in [1.54, 1.807) is 42.7 Å².